The molecule has 0 unspecified atom stereocenters. The van der Waals surface area contributed by atoms with Crippen molar-refractivity contribution < 1.29 is 38.1 Å². The molecule has 1 N–H and O–H groups in total. The zero-order chi connectivity index (χ0) is 28.7. The van der Waals surface area contributed by atoms with Crippen LogP contribution in [0, 0.1) is 5.92 Å². The van der Waals surface area contributed by atoms with Crippen LogP contribution >= 0.6 is 27.3 Å². The van der Waals surface area contributed by atoms with Crippen LogP contribution in [0.25, 0.3) is 10.4 Å². The van der Waals surface area contributed by atoms with E-state index in [2.05, 4.69) is 21.2 Å². The van der Waals surface area contributed by atoms with Crippen molar-refractivity contribution in [3.05, 3.63) is 33.6 Å². The van der Waals surface area contributed by atoms with E-state index >= 15 is 0 Å². The van der Waals surface area contributed by atoms with Crippen LogP contribution in [0.1, 0.15) is 50.2 Å². The zero-order valence-electron chi connectivity index (χ0n) is 22.6. The maximum Gasteiger partial charge on any atom is 0.410 e. The summed E-state index contributed by atoms with van der Waals surface area (Å²) in [5.41, 5.74) is 0.832. The maximum absolute atomic E-state index is 12.9. The molecule has 1 saturated heterocycles. The number of anilines is 1. The molecule has 1 aliphatic rings. The molecule has 1 aromatic heterocycles. The molecule has 0 atom stereocenters. The lowest BCUT2D eigenvalue weighted by atomic mass is 9.96. The van der Waals surface area contributed by atoms with E-state index in [4.69, 9.17) is 18.9 Å². The van der Waals surface area contributed by atoms with Crippen LogP contribution in [-0.4, -0.2) is 67.9 Å². The lowest BCUT2D eigenvalue weighted by Gasteiger charge is -2.32. The minimum atomic E-state index is -0.590. The number of esters is 2. The van der Waals surface area contributed by atoms with Gasteiger partial charge >= 0.3 is 18.0 Å². The molecule has 0 bridgehead atoms. The number of ether oxygens (including phenoxy) is 4. The Labute approximate surface area is 240 Å². The number of hydrogen-bond donors (Lipinski definition) is 1. The zero-order valence-corrected chi connectivity index (χ0v) is 25.0. The van der Waals surface area contributed by atoms with Crippen molar-refractivity contribution in [2.75, 3.05) is 38.7 Å². The van der Waals surface area contributed by atoms with E-state index in [1.54, 1.807) is 24.0 Å². The molecule has 2 amide bonds. The summed E-state index contributed by atoms with van der Waals surface area (Å²) in [4.78, 5) is 51.8. The minimum Gasteiger partial charge on any atom is -0.479 e. The largest absolute Gasteiger partial charge is 0.479 e. The second kappa shape index (κ2) is 13.3. The number of halogens is 1. The van der Waals surface area contributed by atoms with E-state index in [0.717, 1.165) is 16.9 Å². The predicted octanol–water partition coefficient (Wildman–Crippen LogP) is 5.49. The van der Waals surface area contributed by atoms with Crippen molar-refractivity contribution in [3.63, 3.8) is 0 Å². The first kappa shape index (κ1) is 30.4. The monoisotopic (exact) mass is 624 g/mol. The first-order valence-electron chi connectivity index (χ1n) is 12.5. The Morgan fingerprint density at radius 1 is 1.10 bits per heavy atom. The van der Waals surface area contributed by atoms with Crippen LogP contribution in [0.15, 0.2) is 28.7 Å². The van der Waals surface area contributed by atoms with Gasteiger partial charge < -0.3 is 29.2 Å². The predicted molar refractivity (Wildman–Crippen MR) is 150 cm³/mol. The number of amides is 2. The number of rotatable bonds is 8. The van der Waals surface area contributed by atoms with Crippen molar-refractivity contribution in [3.8, 4) is 16.2 Å². The SMILES string of the molecule is CCOC(=O)COc1c(C(=O)OC)sc(-c2ccc(NC(=O)C3CCN(C(=O)OC(C)(C)C)CC3)cc2)c1Br. The molecule has 39 heavy (non-hydrogen) atoms. The average Bonchev–Trinajstić information content (AvgIpc) is 3.22. The summed E-state index contributed by atoms with van der Waals surface area (Å²) < 4.78 is 21.3. The van der Waals surface area contributed by atoms with Crippen molar-refractivity contribution >= 4 is 56.9 Å². The Hall–Kier alpha value is -3.12. The molecular weight excluding hydrogens is 592 g/mol. The van der Waals surface area contributed by atoms with Gasteiger partial charge in [-0.3, -0.25) is 4.79 Å². The third-order valence-electron chi connectivity index (χ3n) is 5.75. The Kier molecular flexibility index (Phi) is 10.4. The highest BCUT2D eigenvalue weighted by atomic mass is 79.9. The lowest BCUT2D eigenvalue weighted by Crippen LogP contribution is -2.43. The summed E-state index contributed by atoms with van der Waals surface area (Å²) in [7, 11) is 1.27. The summed E-state index contributed by atoms with van der Waals surface area (Å²) in [6.45, 7) is 7.95. The molecule has 10 nitrogen and oxygen atoms in total. The van der Waals surface area contributed by atoms with Crippen molar-refractivity contribution in [1.82, 2.24) is 4.90 Å². The van der Waals surface area contributed by atoms with Crippen LogP contribution in [0.5, 0.6) is 5.75 Å². The van der Waals surface area contributed by atoms with Gasteiger partial charge in [0.25, 0.3) is 0 Å². The number of thiophene rings is 1. The van der Waals surface area contributed by atoms with Gasteiger partial charge in [0.2, 0.25) is 5.91 Å². The van der Waals surface area contributed by atoms with Gasteiger partial charge in [0.15, 0.2) is 17.2 Å². The first-order chi connectivity index (χ1) is 18.4. The van der Waals surface area contributed by atoms with Crippen molar-refractivity contribution in [1.29, 1.82) is 0 Å². The number of nitrogens with zero attached hydrogens (tertiary/aromatic N) is 1. The Balaban J connectivity index is 1.65. The first-order valence-corrected chi connectivity index (χ1v) is 14.1. The maximum atomic E-state index is 12.9. The van der Waals surface area contributed by atoms with Crippen molar-refractivity contribution in [2.24, 2.45) is 5.92 Å². The summed E-state index contributed by atoms with van der Waals surface area (Å²) in [6, 6.07) is 7.17. The summed E-state index contributed by atoms with van der Waals surface area (Å²) in [6.07, 6.45) is 0.744. The topological polar surface area (TPSA) is 120 Å². The second-order valence-corrected chi connectivity index (χ2v) is 11.6. The average molecular weight is 626 g/mol. The lowest BCUT2D eigenvalue weighted by molar-refractivity contribution is -0.145. The Bertz CT molecular complexity index is 1200. The van der Waals surface area contributed by atoms with E-state index in [0.29, 0.717) is 41.0 Å². The highest BCUT2D eigenvalue weighted by molar-refractivity contribution is 9.10. The van der Waals surface area contributed by atoms with Gasteiger partial charge in [-0.1, -0.05) is 12.1 Å². The normalized spacial score (nSPS) is 13.9. The fourth-order valence-corrected chi connectivity index (χ4v) is 5.85. The van der Waals surface area contributed by atoms with E-state index in [1.165, 1.54) is 7.11 Å². The van der Waals surface area contributed by atoms with E-state index in [1.807, 2.05) is 32.9 Å². The molecule has 0 spiro atoms. The third-order valence-corrected chi connectivity index (χ3v) is 7.97. The smallest absolute Gasteiger partial charge is 0.410 e. The molecule has 2 aromatic rings. The fraction of sp³-hybridized carbons (Fsp3) is 0.481. The highest BCUT2D eigenvalue weighted by Crippen LogP contribution is 2.46. The number of hydrogen-bond acceptors (Lipinski definition) is 9. The molecule has 1 aromatic carbocycles. The molecular formula is C27H33BrN2O8S. The minimum absolute atomic E-state index is 0.105. The molecule has 1 fully saturated rings. The number of benzene rings is 1. The molecule has 212 valence electrons. The quantitative estimate of drug-likeness (QED) is 0.302. The summed E-state index contributed by atoms with van der Waals surface area (Å²) in [5.74, 6) is -1.26. The van der Waals surface area contributed by atoms with Gasteiger partial charge in [0.1, 0.15) is 5.60 Å². The van der Waals surface area contributed by atoms with E-state index in [-0.39, 0.29) is 41.8 Å². The van der Waals surface area contributed by atoms with Gasteiger partial charge in [-0.2, -0.15) is 0 Å². The fourth-order valence-electron chi connectivity index (χ4n) is 3.87. The number of piperidine rings is 1. The van der Waals surface area contributed by atoms with Gasteiger partial charge in [0.05, 0.1) is 23.1 Å². The molecule has 0 saturated carbocycles. The number of methoxy groups -OCH3 is 1. The Morgan fingerprint density at radius 2 is 1.74 bits per heavy atom. The number of nitrogens with one attached hydrogen (secondary N) is 1. The molecule has 12 heteroatoms. The summed E-state index contributed by atoms with van der Waals surface area (Å²) >= 11 is 4.64. The van der Waals surface area contributed by atoms with Crippen LogP contribution in [0.2, 0.25) is 0 Å². The van der Waals surface area contributed by atoms with Gasteiger partial charge in [-0.25, -0.2) is 14.4 Å². The molecule has 0 aliphatic carbocycles. The van der Waals surface area contributed by atoms with Crippen LogP contribution in [-0.2, 0) is 23.8 Å². The molecule has 0 radical (unpaired) electrons. The molecule has 3 rings (SSSR count). The molecule has 1 aliphatic heterocycles. The second-order valence-electron chi connectivity index (χ2n) is 9.80. The summed E-state index contributed by atoms with van der Waals surface area (Å²) in [5, 5.41) is 2.94. The van der Waals surface area contributed by atoms with Crippen molar-refractivity contribution in [2.45, 2.75) is 46.1 Å². The number of carbonyl (C=O) groups is 4. The molecule has 2 heterocycles. The number of carbonyl (C=O) groups excluding carboxylic acids is 4. The third kappa shape index (κ3) is 8.18. The van der Waals surface area contributed by atoms with Crippen LogP contribution in [0.4, 0.5) is 10.5 Å². The highest BCUT2D eigenvalue weighted by Gasteiger charge is 2.30. The number of likely N-dealkylation sites (tertiary alicyclic amines) is 1. The standard InChI is InChI=1S/C27H33BrN2O8S/c1-6-36-19(31)15-37-21-20(28)22(39-23(21)25(33)35-5)16-7-9-18(10-8-16)29-24(32)17-11-13-30(14-12-17)26(34)38-27(2,3)4/h7-10,17H,6,11-15H2,1-5H3,(H,29,32). The van der Waals surface area contributed by atoms with E-state index < -0.39 is 17.5 Å². The van der Waals surface area contributed by atoms with Gasteiger partial charge in [-0.05, 0) is 74.2 Å². The van der Waals surface area contributed by atoms with Crippen LogP contribution in [0.3, 0.4) is 0 Å². The Morgan fingerprint density at radius 3 is 2.31 bits per heavy atom. The van der Waals surface area contributed by atoms with Gasteiger partial charge in [0, 0.05) is 24.7 Å². The van der Waals surface area contributed by atoms with E-state index in [9.17, 15) is 19.2 Å². The van der Waals surface area contributed by atoms with Crippen LogP contribution < -0.4 is 10.1 Å². The van der Waals surface area contributed by atoms with Gasteiger partial charge in [-0.15, -0.1) is 11.3 Å².